The first-order valence-corrected chi connectivity index (χ1v) is 5.64. The Bertz CT molecular complexity index is 474. The largest absolute Gasteiger partial charge is 0.330 e. The van der Waals surface area contributed by atoms with E-state index in [1.807, 2.05) is 24.4 Å². The van der Waals surface area contributed by atoms with Gasteiger partial charge in [-0.05, 0) is 24.1 Å². The predicted octanol–water partition coefficient (Wildman–Crippen LogP) is 2.33. The Morgan fingerprint density at radius 3 is 2.69 bits per heavy atom. The molecule has 1 unspecified atom stereocenters. The maximum Gasteiger partial charge on any atom is 0.0932 e. The molecule has 3 heteroatoms. The van der Waals surface area contributed by atoms with E-state index >= 15 is 0 Å². The third-order valence-electron chi connectivity index (χ3n) is 3.04. The first-order chi connectivity index (χ1) is 7.74. The zero-order valence-electron chi connectivity index (χ0n) is 9.72. The van der Waals surface area contributed by atoms with Crippen LogP contribution < -0.4 is 5.73 Å². The van der Waals surface area contributed by atoms with Gasteiger partial charge in [0.05, 0.1) is 11.7 Å². The maximum absolute atomic E-state index is 5.85. The summed E-state index contributed by atoms with van der Waals surface area (Å²) in [6.45, 7) is 5.02. The van der Waals surface area contributed by atoms with Crippen LogP contribution in [0.15, 0.2) is 30.5 Å². The van der Waals surface area contributed by atoms with Crippen molar-refractivity contribution in [3.8, 4) is 0 Å². The van der Waals surface area contributed by atoms with Gasteiger partial charge in [0.2, 0.25) is 0 Å². The quantitative estimate of drug-likeness (QED) is 0.855. The summed E-state index contributed by atoms with van der Waals surface area (Å²) in [6.07, 6.45) is 1.85. The Hall–Kier alpha value is -1.48. The molecule has 0 radical (unpaired) electrons. The fraction of sp³-hybridized carbons (Fsp3) is 0.385. The lowest BCUT2D eigenvalue weighted by atomic mass is 9.87. The Morgan fingerprint density at radius 2 is 2.00 bits per heavy atom. The van der Waals surface area contributed by atoms with E-state index in [1.165, 1.54) is 10.9 Å². The van der Waals surface area contributed by atoms with Gasteiger partial charge in [0.15, 0.2) is 0 Å². The van der Waals surface area contributed by atoms with Gasteiger partial charge in [-0.25, -0.2) is 0 Å². The maximum atomic E-state index is 5.85. The van der Waals surface area contributed by atoms with Crippen LogP contribution in [0.4, 0.5) is 0 Å². The zero-order valence-corrected chi connectivity index (χ0v) is 9.72. The van der Waals surface area contributed by atoms with Crippen LogP contribution in [0.3, 0.4) is 0 Å². The molecule has 2 aromatic rings. The van der Waals surface area contributed by atoms with Crippen LogP contribution in [0.5, 0.6) is 0 Å². The van der Waals surface area contributed by atoms with Gasteiger partial charge in [0.25, 0.3) is 0 Å². The summed E-state index contributed by atoms with van der Waals surface area (Å²) < 4.78 is 0. The van der Waals surface area contributed by atoms with Crippen LogP contribution in [0.2, 0.25) is 0 Å². The van der Waals surface area contributed by atoms with Gasteiger partial charge < -0.3 is 5.73 Å². The second-order valence-corrected chi connectivity index (χ2v) is 4.40. The molecule has 1 atom stereocenters. The van der Waals surface area contributed by atoms with Crippen LogP contribution in [-0.2, 0) is 0 Å². The molecule has 1 aromatic heterocycles. The minimum absolute atomic E-state index is 0.348. The number of aromatic nitrogens is 2. The monoisotopic (exact) mass is 215 g/mol. The van der Waals surface area contributed by atoms with Crippen molar-refractivity contribution in [1.29, 1.82) is 0 Å². The van der Waals surface area contributed by atoms with Crippen LogP contribution in [0, 0.1) is 5.92 Å². The number of hydrogen-bond acceptors (Lipinski definition) is 3. The Labute approximate surface area is 95.7 Å². The van der Waals surface area contributed by atoms with E-state index < -0.39 is 0 Å². The zero-order chi connectivity index (χ0) is 11.5. The summed E-state index contributed by atoms with van der Waals surface area (Å²) in [7, 11) is 0. The standard InChI is InChI=1S/C13H17N3/c1-9(2)11(7-14)12-8-15-16-13-6-4-3-5-10(12)13/h3-6,8-9,11H,7,14H2,1-2H3. The minimum atomic E-state index is 0.348. The van der Waals surface area contributed by atoms with E-state index in [0.717, 1.165) is 5.52 Å². The predicted molar refractivity (Wildman–Crippen MR) is 66.2 cm³/mol. The van der Waals surface area contributed by atoms with Crippen LogP contribution in [-0.4, -0.2) is 16.7 Å². The van der Waals surface area contributed by atoms with Crippen LogP contribution >= 0.6 is 0 Å². The number of nitrogens with zero attached hydrogens (tertiary/aromatic N) is 2. The fourth-order valence-electron chi connectivity index (χ4n) is 2.08. The number of nitrogens with two attached hydrogens (primary N) is 1. The lowest BCUT2D eigenvalue weighted by molar-refractivity contribution is 0.507. The topological polar surface area (TPSA) is 51.8 Å². The second kappa shape index (κ2) is 4.58. The van der Waals surface area contributed by atoms with E-state index in [2.05, 4.69) is 30.1 Å². The van der Waals surface area contributed by atoms with Gasteiger partial charge in [-0.3, -0.25) is 0 Å². The fourth-order valence-corrected chi connectivity index (χ4v) is 2.08. The van der Waals surface area contributed by atoms with Gasteiger partial charge in [-0.2, -0.15) is 10.2 Å². The van der Waals surface area contributed by atoms with Crippen LogP contribution in [0.1, 0.15) is 25.3 Å². The van der Waals surface area contributed by atoms with Crippen molar-refractivity contribution in [2.75, 3.05) is 6.54 Å². The van der Waals surface area contributed by atoms with Crippen molar-refractivity contribution in [2.45, 2.75) is 19.8 Å². The Balaban J connectivity index is 2.59. The molecule has 84 valence electrons. The SMILES string of the molecule is CC(C)C(CN)c1cnnc2ccccc12. The lowest BCUT2D eigenvalue weighted by Crippen LogP contribution is -2.18. The number of benzene rings is 1. The van der Waals surface area contributed by atoms with Crippen molar-refractivity contribution < 1.29 is 0 Å². The van der Waals surface area contributed by atoms with Gasteiger partial charge in [-0.15, -0.1) is 0 Å². The van der Waals surface area contributed by atoms with E-state index in [1.54, 1.807) is 0 Å². The first-order valence-electron chi connectivity index (χ1n) is 5.64. The molecule has 1 aromatic carbocycles. The molecular formula is C13H17N3. The normalized spacial score (nSPS) is 13.2. The molecule has 0 amide bonds. The molecule has 0 aliphatic heterocycles. The molecule has 1 heterocycles. The molecule has 0 fully saturated rings. The highest BCUT2D eigenvalue weighted by molar-refractivity contribution is 5.81. The molecule has 0 spiro atoms. The molecular weight excluding hydrogens is 198 g/mol. The highest BCUT2D eigenvalue weighted by atomic mass is 15.1. The van der Waals surface area contributed by atoms with E-state index in [9.17, 15) is 0 Å². The second-order valence-electron chi connectivity index (χ2n) is 4.40. The molecule has 0 aliphatic carbocycles. The average molecular weight is 215 g/mol. The van der Waals surface area contributed by atoms with Gasteiger partial charge in [0.1, 0.15) is 0 Å². The average Bonchev–Trinajstić information content (AvgIpc) is 2.30. The molecule has 0 bridgehead atoms. The van der Waals surface area contributed by atoms with E-state index in [-0.39, 0.29) is 0 Å². The molecule has 0 aliphatic rings. The van der Waals surface area contributed by atoms with Gasteiger partial charge >= 0.3 is 0 Å². The summed E-state index contributed by atoms with van der Waals surface area (Å²) in [5, 5.41) is 9.35. The summed E-state index contributed by atoms with van der Waals surface area (Å²) in [5.74, 6) is 0.859. The molecule has 16 heavy (non-hydrogen) atoms. The molecule has 2 rings (SSSR count). The summed E-state index contributed by atoms with van der Waals surface area (Å²) in [5.41, 5.74) is 8.00. The van der Waals surface area contributed by atoms with Crippen molar-refractivity contribution >= 4 is 10.9 Å². The van der Waals surface area contributed by atoms with Crippen molar-refractivity contribution in [1.82, 2.24) is 10.2 Å². The number of rotatable bonds is 3. The molecule has 0 saturated carbocycles. The summed E-state index contributed by atoms with van der Waals surface area (Å²) in [6, 6.07) is 8.08. The first kappa shape index (κ1) is 11.0. The van der Waals surface area contributed by atoms with Crippen LogP contribution in [0.25, 0.3) is 10.9 Å². The number of fused-ring (bicyclic) bond motifs is 1. The smallest absolute Gasteiger partial charge is 0.0932 e. The van der Waals surface area contributed by atoms with Crippen molar-refractivity contribution in [2.24, 2.45) is 11.7 Å². The Morgan fingerprint density at radius 1 is 1.25 bits per heavy atom. The summed E-state index contributed by atoms with van der Waals surface area (Å²) >= 11 is 0. The number of hydrogen-bond donors (Lipinski definition) is 1. The van der Waals surface area contributed by atoms with Gasteiger partial charge in [-0.1, -0.05) is 32.0 Å². The van der Waals surface area contributed by atoms with E-state index in [0.29, 0.717) is 18.4 Å². The Kier molecular flexibility index (Phi) is 3.15. The summed E-state index contributed by atoms with van der Waals surface area (Å²) in [4.78, 5) is 0. The highest BCUT2D eigenvalue weighted by Crippen LogP contribution is 2.28. The third kappa shape index (κ3) is 1.91. The molecule has 0 saturated heterocycles. The highest BCUT2D eigenvalue weighted by Gasteiger charge is 2.17. The van der Waals surface area contributed by atoms with Crippen molar-refractivity contribution in [3.05, 3.63) is 36.0 Å². The third-order valence-corrected chi connectivity index (χ3v) is 3.04. The van der Waals surface area contributed by atoms with Crippen molar-refractivity contribution in [3.63, 3.8) is 0 Å². The minimum Gasteiger partial charge on any atom is -0.330 e. The molecule has 2 N–H and O–H groups in total. The van der Waals surface area contributed by atoms with E-state index in [4.69, 9.17) is 5.73 Å². The van der Waals surface area contributed by atoms with Gasteiger partial charge in [0, 0.05) is 11.3 Å². The lowest BCUT2D eigenvalue weighted by Gasteiger charge is -2.20. The molecule has 3 nitrogen and oxygen atoms in total.